The van der Waals surface area contributed by atoms with Crippen LogP contribution in [0.1, 0.15) is 25.7 Å². The van der Waals surface area contributed by atoms with Gasteiger partial charge in [0.2, 0.25) is 5.91 Å². The third-order valence-corrected chi connectivity index (χ3v) is 3.32. The van der Waals surface area contributed by atoms with E-state index in [1.54, 1.807) is 7.05 Å². The summed E-state index contributed by atoms with van der Waals surface area (Å²) in [4.78, 5) is 37.0. The summed E-state index contributed by atoms with van der Waals surface area (Å²) in [6, 6.07) is -0.152. The summed E-state index contributed by atoms with van der Waals surface area (Å²) in [7, 11) is 3.65. The number of carboxylic acid groups (broad SMARTS) is 1. The van der Waals surface area contributed by atoms with Crippen LogP contribution in [0.3, 0.4) is 0 Å². The molecule has 19 heavy (non-hydrogen) atoms. The molecule has 108 valence electrons. The summed E-state index contributed by atoms with van der Waals surface area (Å²) in [6.07, 6.45) is 1.71. The van der Waals surface area contributed by atoms with Gasteiger partial charge in [-0.25, -0.2) is 4.79 Å². The van der Waals surface area contributed by atoms with Gasteiger partial charge in [0.15, 0.2) is 0 Å². The van der Waals surface area contributed by atoms with Crippen LogP contribution < -0.4 is 5.32 Å². The van der Waals surface area contributed by atoms with Gasteiger partial charge >= 0.3 is 12.0 Å². The van der Waals surface area contributed by atoms with Crippen molar-refractivity contribution in [3.63, 3.8) is 0 Å². The Balaban J connectivity index is 2.31. The fourth-order valence-corrected chi connectivity index (χ4v) is 2.11. The molecule has 1 atom stereocenters. The first kappa shape index (κ1) is 15.4. The smallest absolute Gasteiger partial charge is 0.323 e. The van der Waals surface area contributed by atoms with Crippen molar-refractivity contribution in [1.82, 2.24) is 15.1 Å². The number of imide groups is 1. The fourth-order valence-electron chi connectivity index (χ4n) is 2.11. The van der Waals surface area contributed by atoms with Crippen molar-refractivity contribution in [3.05, 3.63) is 0 Å². The highest BCUT2D eigenvalue weighted by Gasteiger charge is 2.24. The summed E-state index contributed by atoms with van der Waals surface area (Å²) in [6.45, 7) is 1.59. The molecule has 0 radical (unpaired) electrons. The molecule has 0 aromatic carbocycles. The molecule has 3 amide bonds. The number of amides is 3. The standard InChI is InChI=1S/C12H21N3O4/c1-14-7-3-4-9(14)8-15(2)12(19)13-10(16)5-6-11(17)18/h9H,3-8H2,1-2H3,(H,17,18)(H,13,16,19). The van der Waals surface area contributed by atoms with E-state index in [0.717, 1.165) is 19.4 Å². The molecule has 1 aliphatic rings. The molecule has 1 saturated heterocycles. The van der Waals surface area contributed by atoms with E-state index in [4.69, 9.17) is 5.11 Å². The van der Waals surface area contributed by atoms with Crippen molar-refractivity contribution in [1.29, 1.82) is 0 Å². The highest BCUT2D eigenvalue weighted by Crippen LogP contribution is 2.15. The first-order valence-corrected chi connectivity index (χ1v) is 6.37. The number of rotatable bonds is 5. The van der Waals surface area contributed by atoms with Gasteiger partial charge in [-0.1, -0.05) is 0 Å². The molecule has 7 heteroatoms. The van der Waals surface area contributed by atoms with Crippen LogP contribution in [0, 0.1) is 0 Å². The Hall–Kier alpha value is -1.63. The minimum Gasteiger partial charge on any atom is -0.481 e. The molecular weight excluding hydrogens is 250 g/mol. The highest BCUT2D eigenvalue weighted by atomic mass is 16.4. The second-order valence-electron chi connectivity index (χ2n) is 4.90. The quantitative estimate of drug-likeness (QED) is 0.741. The van der Waals surface area contributed by atoms with Crippen molar-refractivity contribution < 1.29 is 19.5 Å². The fraction of sp³-hybridized carbons (Fsp3) is 0.750. The molecule has 1 heterocycles. The monoisotopic (exact) mass is 271 g/mol. The van der Waals surface area contributed by atoms with Crippen LogP contribution in [0.15, 0.2) is 0 Å². The maximum Gasteiger partial charge on any atom is 0.323 e. The average Bonchev–Trinajstić information content (AvgIpc) is 2.72. The van der Waals surface area contributed by atoms with Crippen molar-refractivity contribution in [3.8, 4) is 0 Å². The normalized spacial score (nSPS) is 19.2. The third-order valence-electron chi connectivity index (χ3n) is 3.32. The summed E-state index contributed by atoms with van der Waals surface area (Å²) < 4.78 is 0. The van der Waals surface area contributed by atoms with Gasteiger partial charge in [0, 0.05) is 26.1 Å². The molecule has 1 rings (SSSR count). The summed E-state index contributed by atoms with van der Waals surface area (Å²) in [5.41, 5.74) is 0. The predicted octanol–water partition coefficient (Wildman–Crippen LogP) is 0.113. The Labute approximate surface area is 112 Å². The van der Waals surface area contributed by atoms with Crippen molar-refractivity contribution >= 4 is 17.9 Å². The van der Waals surface area contributed by atoms with Crippen LogP contribution in [0.4, 0.5) is 4.79 Å². The van der Waals surface area contributed by atoms with Crippen LogP contribution in [0.25, 0.3) is 0 Å². The number of carboxylic acids is 1. The summed E-state index contributed by atoms with van der Waals surface area (Å²) in [5, 5.41) is 10.6. The SMILES string of the molecule is CN(CC1CCCN1C)C(=O)NC(=O)CCC(=O)O. The molecule has 0 aromatic heterocycles. The van der Waals surface area contributed by atoms with Gasteiger partial charge in [-0.2, -0.15) is 0 Å². The largest absolute Gasteiger partial charge is 0.481 e. The van der Waals surface area contributed by atoms with E-state index in [2.05, 4.69) is 10.2 Å². The van der Waals surface area contributed by atoms with Crippen LogP contribution >= 0.6 is 0 Å². The van der Waals surface area contributed by atoms with Crippen molar-refractivity contribution in [2.75, 3.05) is 27.2 Å². The van der Waals surface area contributed by atoms with Crippen LogP contribution in [-0.4, -0.2) is 66.0 Å². The number of hydrogen-bond acceptors (Lipinski definition) is 4. The van der Waals surface area contributed by atoms with Gasteiger partial charge in [0.1, 0.15) is 0 Å². The molecule has 0 aliphatic carbocycles. The molecule has 1 unspecified atom stereocenters. The third kappa shape index (κ3) is 5.25. The molecule has 1 fully saturated rings. The molecule has 0 saturated carbocycles. The van der Waals surface area contributed by atoms with E-state index in [9.17, 15) is 14.4 Å². The second-order valence-corrected chi connectivity index (χ2v) is 4.90. The minimum atomic E-state index is -1.05. The molecule has 0 spiro atoms. The lowest BCUT2D eigenvalue weighted by molar-refractivity contribution is -0.138. The van der Waals surface area contributed by atoms with E-state index in [1.807, 2.05) is 7.05 Å². The Kier molecular flexibility index (Phi) is 5.75. The predicted molar refractivity (Wildman–Crippen MR) is 68.7 cm³/mol. The number of nitrogens with one attached hydrogen (secondary N) is 1. The lowest BCUT2D eigenvalue weighted by Gasteiger charge is -2.25. The average molecular weight is 271 g/mol. The van der Waals surface area contributed by atoms with Crippen molar-refractivity contribution in [2.24, 2.45) is 0 Å². The number of likely N-dealkylation sites (tertiary alicyclic amines) is 1. The van der Waals surface area contributed by atoms with Gasteiger partial charge in [0.25, 0.3) is 0 Å². The van der Waals surface area contributed by atoms with E-state index in [1.165, 1.54) is 4.90 Å². The second kappa shape index (κ2) is 7.08. The van der Waals surface area contributed by atoms with Crippen LogP contribution in [0.5, 0.6) is 0 Å². The van der Waals surface area contributed by atoms with E-state index in [0.29, 0.717) is 12.6 Å². The zero-order valence-corrected chi connectivity index (χ0v) is 11.4. The van der Waals surface area contributed by atoms with Gasteiger partial charge in [-0.05, 0) is 26.4 Å². The summed E-state index contributed by atoms with van der Waals surface area (Å²) >= 11 is 0. The Morgan fingerprint density at radius 1 is 1.37 bits per heavy atom. The van der Waals surface area contributed by atoms with E-state index in [-0.39, 0.29) is 12.8 Å². The number of nitrogens with zero attached hydrogens (tertiary/aromatic N) is 2. The van der Waals surface area contributed by atoms with Gasteiger partial charge in [-0.15, -0.1) is 0 Å². The maximum absolute atomic E-state index is 11.7. The van der Waals surface area contributed by atoms with Crippen LogP contribution in [0.2, 0.25) is 0 Å². The van der Waals surface area contributed by atoms with Gasteiger partial charge in [-0.3, -0.25) is 14.9 Å². The topological polar surface area (TPSA) is 90.0 Å². The Morgan fingerprint density at radius 3 is 2.58 bits per heavy atom. The summed E-state index contributed by atoms with van der Waals surface area (Å²) in [5.74, 6) is -1.61. The number of likely N-dealkylation sites (N-methyl/N-ethyl adjacent to an activating group) is 2. The Bertz CT molecular complexity index is 359. The van der Waals surface area contributed by atoms with Gasteiger partial charge < -0.3 is 14.9 Å². The Morgan fingerprint density at radius 2 is 2.05 bits per heavy atom. The molecule has 2 N–H and O–H groups in total. The zero-order valence-electron chi connectivity index (χ0n) is 11.4. The molecule has 0 bridgehead atoms. The first-order valence-electron chi connectivity index (χ1n) is 6.37. The zero-order chi connectivity index (χ0) is 14.4. The number of carbonyl (C=O) groups is 3. The lowest BCUT2D eigenvalue weighted by atomic mass is 10.2. The van der Waals surface area contributed by atoms with Gasteiger partial charge in [0.05, 0.1) is 6.42 Å². The first-order chi connectivity index (χ1) is 8.90. The number of urea groups is 1. The van der Waals surface area contributed by atoms with E-state index >= 15 is 0 Å². The molecular formula is C12H21N3O4. The number of hydrogen-bond donors (Lipinski definition) is 2. The van der Waals surface area contributed by atoms with E-state index < -0.39 is 17.9 Å². The lowest BCUT2D eigenvalue weighted by Crippen LogP contribution is -2.45. The molecule has 0 aromatic rings. The molecule has 1 aliphatic heterocycles. The maximum atomic E-state index is 11.7. The van der Waals surface area contributed by atoms with Crippen LogP contribution in [-0.2, 0) is 9.59 Å². The van der Waals surface area contributed by atoms with Crippen molar-refractivity contribution in [2.45, 2.75) is 31.7 Å². The number of aliphatic carboxylic acids is 1. The minimum absolute atomic E-state index is 0.182. The highest BCUT2D eigenvalue weighted by molar-refractivity contribution is 5.95. The number of carbonyl (C=O) groups excluding carboxylic acids is 2. The molecule has 7 nitrogen and oxygen atoms in total.